The summed E-state index contributed by atoms with van der Waals surface area (Å²) in [6, 6.07) is 12.2. The van der Waals surface area contributed by atoms with Crippen LogP contribution in [0, 0.1) is 19.7 Å². The van der Waals surface area contributed by atoms with Crippen LogP contribution in [-0.2, 0) is 26.2 Å². The number of hydrogen-bond acceptors (Lipinski definition) is 5. The highest BCUT2D eigenvalue weighted by molar-refractivity contribution is 7.89. The smallest absolute Gasteiger partial charge is 0.331 e. The number of sulfonamides is 1. The highest BCUT2D eigenvalue weighted by Crippen LogP contribution is 2.20. The number of aromatic nitrogens is 2. The Bertz CT molecular complexity index is 1260. The lowest BCUT2D eigenvalue weighted by Crippen LogP contribution is -2.22. The van der Waals surface area contributed by atoms with Gasteiger partial charge in [0.05, 0.1) is 16.3 Å². The maximum absolute atomic E-state index is 13.2. The van der Waals surface area contributed by atoms with Gasteiger partial charge in [0, 0.05) is 31.4 Å². The molecule has 0 unspecified atom stereocenters. The molecule has 0 N–H and O–H groups in total. The van der Waals surface area contributed by atoms with Crippen molar-refractivity contribution in [2.75, 3.05) is 14.1 Å². The Labute approximate surface area is 186 Å². The van der Waals surface area contributed by atoms with Crippen molar-refractivity contribution in [3.8, 4) is 5.69 Å². The zero-order valence-electron chi connectivity index (χ0n) is 18.2. The van der Waals surface area contributed by atoms with E-state index < -0.39 is 16.0 Å². The fourth-order valence-corrected chi connectivity index (χ4v) is 4.06. The Balaban J connectivity index is 1.70. The predicted molar refractivity (Wildman–Crippen MR) is 119 cm³/mol. The van der Waals surface area contributed by atoms with Crippen molar-refractivity contribution >= 4 is 22.1 Å². The second-order valence-corrected chi connectivity index (χ2v) is 9.50. The molecule has 0 aliphatic carbocycles. The molecule has 7 nitrogen and oxygen atoms in total. The molecule has 0 saturated carbocycles. The van der Waals surface area contributed by atoms with Gasteiger partial charge in [0.1, 0.15) is 12.4 Å². The maximum atomic E-state index is 13.2. The van der Waals surface area contributed by atoms with Crippen LogP contribution in [0.5, 0.6) is 0 Å². The van der Waals surface area contributed by atoms with Crippen LogP contribution >= 0.6 is 0 Å². The molecule has 0 bridgehead atoms. The number of esters is 1. The molecule has 0 fully saturated rings. The molecular weight excluding hydrogens is 433 g/mol. The predicted octanol–water partition coefficient (Wildman–Crippen LogP) is 3.64. The van der Waals surface area contributed by atoms with E-state index in [2.05, 4.69) is 5.10 Å². The monoisotopic (exact) mass is 457 g/mol. The van der Waals surface area contributed by atoms with Gasteiger partial charge in [-0.3, -0.25) is 0 Å². The van der Waals surface area contributed by atoms with Crippen molar-refractivity contribution in [1.82, 2.24) is 14.1 Å². The lowest BCUT2D eigenvalue weighted by Gasteiger charge is -2.12. The van der Waals surface area contributed by atoms with Crippen LogP contribution in [-0.4, -0.2) is 42.6 Å². The number of carbonyl (C=O) groups is 1. The maximum Gasteiger partial charge on any atom is 0.331 e. The van der Waals surface area contributed by atoms with Crippen LogP contribution in [0.2, 0.25) is 0 Å². The van der Waals surface area contributed by atoms with Crippen molar-refractivity contribution < 1.29 is 22.3 Å². The minimum Gasteiger partial charge on any atom is -0.458 e. The molecule has 2 aromatic carbocycles. The minimum absolute atomic E-state index is 0.0627. The summed E-state index contributed by atoms with van der Waals surface area (Å²) in [5, 5.41) is 4.46. The number of halogens is 1. The van der Waals surface area contributed by atoms with Gasteiger partial charge >= 0.3 is 5.97 Å². The summed E-state index contributed by atoms with van der Waals surface area (Å²) in [5.74, 6) is -0.901. The van der Waals surface area contributed by atoms with E-state index in [-0.39, 0.29) is 17.3 Å². The summed E-state index contributed by atoms with van der Waals surface area (Å²) in [4.78, 5) is 12.3. The van der Waals surface area contributed by atoms with Crippen molar-refractivity contribution in [2.45, 2.75) is 25.3 Å². The molecule has 9 heteroatoms. The third-order valence-electron chi connectivity index (χ3n) is 4.86. The molecule has 0 amide bonds. The van der Waals surface area contributed by atoms with Crippen LogP contribution in [0.1, 0.15) is 22.5 Å². The molecular formula is C23H24FN3O4S. The largest absolute Gasteiger partial charge is 0.458 e. The molecule has 0 radical (unpaired) electrons. The zero-order valence-corrected chi connectivity index (χ0v) is 19.1. The van der Waals surface area contributed by atoms with E-state index in [1.807, 2.05) is 13.8 Å². The number of aryl methyl sites for hydroxylation is 1. The first-order chi connectivity index (χ1) is 15.1. The molecule has 0 aliphatic rings. The number of hydrogen-bond donors (Lipinski definition) is 0. The van der Waals surface area contributed by atoms with Gasteiger partial charge < -0.3 is 4.74 Å². The topological polar surface area (TPSA) is 81.5 Å². The number of carbonyl (C=O) groups excluding carboxylic acids is 1. The highest BCUT2D eigenvalue weighted by Gasteiger charge is 2.17. The summed E-state index contributed by atoms with van der Waals surface area (Å²) in [7, 11) is -0.661. The quantitative estimate of drug-likeness (QED) is 0.400. The first kappa shape index (κ1) is 23.4. The average molecular weight is 458 g/mol. The van der Waals surface area contributed by atoms with Gasteiger partial charge in [-0.1, -0.05) is 12.1 Å². The Morgan fingerprint density at radius 1 is 1.16 bits per heavy atom. The molecule has 168 valence electrons. The molecule has 3 rings (SSSR count). The summed E-state index contributed by atoms with van der Waals surface area (Å²) in [6.07, 6.45) is 2.92. The van der Waals surface area contributed by atoms with Crippen LogP contribution in [0.3, 0.4) is 0 Å². The van der Waals surface area contributed by atoms with Crippen molar-refractivity contribution in [3.63, 3.8) is 0 Å². The molecule has 0 atom stereocenters. The van der Waals surface area contributed by atoms with Gasteiger partial charge in [-0.15, -0.1) is 0 Å². The summed E-state index contributed by atoms with van der Waals surface area (Å²) < 4.78 is 45.7. The van der Waals surface area contributed by atoms with Crippen LogP contribution in [0.15, 0.2) is 59.5 Å². The van der Waals surface area contributed by atoms with Gasteiger partial charge in [-0.25, -0.2) is 26.6 Å². The third kappa shape index (κ3) is 5.12. The highest BCUT2D eigenvalue weighted by atomic mass is 32.2. The number of ether oxygens (including phenoxy) is 1. The average Bonchev–Trinajstić information content (AvgIpc) is 3.04. The summed E-state index contributed by atoms with van der Waals surface area (Å²) in [5.41, 5.74) is 3.52. The van der Waals surface area contributed by atoms with Gasteiger partial charge in [-0.2, -0.15) is 5.10 Å². The summed E-state index contributed by atoms with van der Waals surface area (Å²) in [6.45, 7) is 3.60. The van der Waals surface area contributed by atoms with Crippen LogP contribution < -0.4 is 0 Å². The fraction of sp³-hybridized carbons (Fsp3) is 0.217. The minimum atomic E-state index is -3.57. The normalized spacial score (nSPS) is 11.9. The van der Waals surface area contributed by atoms with E-state index in [0.717, 1.165) is 15.6 Å². The lowest BCUT2D eigenvalue weighted by atomic mass is 10.2. The van der Waals surface area contributed by atoms with Gasteiger partial charge in [0.25, 0.3) is 0 Å². The zero-order chi connectivity index (χ0) is 23.5. The van der Waals surface area contributed by atoms with Gasteiger partial charge in [-0.05, 0) is 61.9 Å². The first-order valence-electron chi connectivity index (χ1n) is 9.78. The van der Waals surface area contributed by atoms with Gasteiger partial charge in [0.15, 0.2) is 0 Å². The molecule has 3 aromatic rings. The van der Waals surface area contributed by atoms with Crippen LogP contribution in [0.4, 0.5) is 4.39 Å². The lowest BCUT2D eigenvalue weighted by molar-refractivity contribution is -0.138. The molecule has 0 spiro atoms. The standard InChI is InChI=1S/C23H24FN3O4S/c1-16-22(17(2)27(25-16)20-10-8-19(24)9-11-20)12-13-23(28)31-15-18-6-5-7-21(14-18)32(29,30)26(3)4/h5-14H,15H2,1-4H3/b13-12+. The SMILES string of the molecule is Cc1nn(-c2ccc(F)cc2)c(C)c1/C=C/C(=O)OCc1cccc(S(=O)(=O)N(C)C)c1. The Hall–Kier alpha value is -3.30. The van der Waals surface area contributed by atoms with Crippen molar-refractivity contribution in [3.05, 3.63) is 82.9 Å². The Kier molecular flexibility index (Phi) is 6.90. The second kappa shape index (κ2) is 9.46. The number of rotatable bonds is 7. The van der Waals surface area contributed by atoms with E-state index in [4.69, 9.17) is 4.74 Å². The Morgan fingerprint density at radius 2 is 1.84 bits per heavy atom. The van der Waals surface area contributed by atoms with E-state index in [1.165, 1.54) is 44.4 Å². The molecule has 32 heavy (non-hydrogen) atoms. The Morgan fingerprint density at radius 3 is 2.50 bits per heavy atom. The number of nitrogens with zero attached hydrogens (tertiary/aromatic N) is 3. The van der Waals surface area contributed by atoms with E-state index in [0.29, 0.717) is 16.9 Å². The molecule has 1 aromatic heterocycles. The molecule has 0 aliphatic heterocycles. The second-order valence-electron chi connectivity index (χ2n) is 7.35. The molecule has 1 heterocycles. The van der Waals surface area contributed by atoms with E-state index >= 15 is 0 Å². The first-order valence-corrected chi connectivity index (χ1v) is 11.2. The third-order valence-corrected chi connectivity index (χ3v) is 6.67. The van der Waals surface area contributed by atoms with Gasteiger partial charge in [0.2, 0.25) is 10.0 Å². The van der Waals surface area contributed by atoms with Crippen LogP contribution in [0.25, 0.3) is 11.8 Å². The van der Waals surface area contributed by atoms with E-state index in [1.54, 1.807) is 35.0 Å². The van der Waals surface area contributed by atoms with Crippen molar-refractivity contribution in [2.24, 2.45) is 0 Å². The number of benzene rings is 2. The van der Waals surface area contributed by atoms with Crippen molar-refractivity contribution in [1.29, 1.82) is 0 Å². The summed E-state index contributed by atoms with van der Waals surface area (Å²) >= 11 is 0. The molecule has 0 saturated heterocycles. The van der Waals surface area contributed by atoms with E-state index in [9.17, 15) is 17.6 Å². The fourth-order valence-electron chi connectivity index (χ4n) is 3.09.